The highest BCUT2D eigenvalue weighted by molar-refractivity contribution is 8.44. The summed E-state index contributed by atoms with van der Waals surface area (Å²) in [6, 6.07) is 1.11. The van der Waals surface area contributed by atoms with Gasteiger partial charge >= 0.3 is 13.6 Å². The Kier molecular flexibility index (Phi) is 17.4. The summed E-state index contributed by atoms with van der Waals surface area (Å²) in [5.74, 6) is 0.714. The highest BCUT2D eigenvalue weighted by atomic mass is 32.7. The van der Waals surface area contributed by atoms with Crippen LogP contribution in [0.25, 0.3) is 22.2 Å². The highest BCUT2D eigenvalue weighted by Crippen LogP contribution is 2.61. The van der Waals surface area contributed by atoms with Crippen LogP contribution in [-0.2, 0) is 58.8 Å². The number of rotatable bonds is 15. The molecule has 4 aromatic heterocycles. The molecule has 0 aromatic carbocycles. The van der Waals surface area contributed by atoms with Crippen molar-refractivity contribution in [1.82, 2.24) is 39.0 Å². The van der Waals surface area contributed by atoms with E-state index in [9.17, 15) is 19.0 Å². The van der Waals surface area contributed by atoms with E-state index < -0.39 is 106 Å². The van der Waals surface area contributed by atoms with Crippen molar-refractivity contribution in [3.05, 3.63) is 41.1 Å². The normalized spacial score (nSPS) is 30.1. The maximum atomic E-state index is 14.9. The smallest absolute Gasteiger partial charge is 0.386 e. The van der Waals surface area contributed by atoms with E-state index in [-0.39, 0.29) is 34.4 Å². The van der Waals surface area contributed by atoms with Gasteiger partial charge in [0.05, 0.1) is 33.0 Å². The summed E-state index contributed by atoms with van der Waals surface area (Å²) < 4.78 is 87.8. The molecule has 21 nitrogen and oxygen atoms in total. The number of aliphatic hydroxyl groups excluding tert-OH is 1. The summed E-state index contributed by atoms with van der Waals surface area (Å²) in [6.45, 7) is 20.1. The molecule has 0 amide bonds. The molecule has 0 radical (unpaired) electrons. The average molecular weight is 1160 g/mol. The predicted molar refractivity (Wildman–Crippen MR) is 299 cm³/mol. The molecular weight excluding hydrogens is 1080 g/mol. The van der Waals surface area contributed by atoms with Crippen LogP contribution in [0.15, 0.2) is 30.0 Å². The molecule has 4 aliphatic heterocycles. The Hall–Kier alpha value is -1.82. The van der Waals surface area contributed by atoms with Crippen molar-refractivity contribution in [1.29, 1.82) is 0 Å². The number of ether oxygens (including phenoxy) is 3. The maximum Gasteiger partial charge on any atom is 0.386 e. The Morgan fingerprint density at radius 2 is 1.54 bits per heavy atom. The second-order valence-electron chi connectivity index (χ2n) is 24.6. The molecule has 0 spiro atoms. The Morgan fingerprint density at radius 3 is 2.22 bits per heavy atom. The van der Waals surface area contributed by atoms with E-state index in [4.69, 9.17) is 41.7 Å². The lowest BCUT2D eigenvalue weighted by Crippen LogP contribution is -2.49. The molecule has 0 saturated carbocycles. The fourth-order valence-corrected chi connectivity index (χ4v) is 15.7. The van der Waals surface area contributed by atoms with E-state index in [0.29, 0.717) is 30.7 Å². The second-order valence-corrected chi connectivity index (χ2v) is 46.2. The lowest BCUT2D eigenvalue weighted by atomic mass is 10.1. The summed E-state index contributed by atoms with van der Waals surface area (Å²) in [6.07, 6.45) is 0.559. The molecule has 8 rings (SSSR count). The van der Waals surface area contributed by atoms with E-state index in [1.165, 1.54) is 28.1 Å². The van der Waals surface area contributed by atoms with Crippen molar-refractivity contribution in [3.8, 4) is 0 Å². The third-order valence-corrected chi connectivity index (χ3v) is 30.1. The van der Waals surface area contributed by atoms with Crippen molar-refractivity contribution in [2.24, 2.45) is 0 Å². The van der Waals surface area contributed by atoms with E-state index in [2.05, 4.69) is 137 Å². The number of hydrogen-bond acceptors (Lipinski definition) is 18. The number of fused-ring (bicyclic) bond motifs is 4. The highest BCUT2D eigenvalue weighted by Gasteiger charge is 2.57. The van der Waals surface area contributed by atoms with Crippen LogP contribution in [0.5, 0.6) is 0 Å². The van der Waals surface area contributed by atoms with Crippen LogP contribution >= 0.6 is 38.1 Å². The first-order valence-corrected chi connectivity index (χ1v) is 40.9. The molecular formula is C46H79N9O12P2S2Si3. The van der Waals surface area contributed by atoms with Gasteiger partial charge in [0.15, 0.2) is 31.9 Å². The molecule has 28 heteroatoms. The van der Waals surface area contributed by atoms with Crippen LogP contribution in [0, 0.1) is 0 Å². The Morgan fingerprint density at radius 1 is 0.865 bits per heavy atom. The summed E-state index contributed by atoms with van der Waals surface area (Å²) in [5, 5.41) is 17.6. The van der Waals surface area contributed by atoms with Crippen molar-refractivity contribution in [3.63, 3.8) is 0 Å². The zero-order valence-electron chi connectivity index (χ0n) is 45.1. The molecule has 4 aliphatic rings. The van der Waals surface area contributed by atoms with Gasteiger partial charge < -0.3 is 33.6 Å². The van der Waals surface area contributed by atoms with Crippen LogP contribution in [0.1, 0.15) is 78.8 Å². The fourth-order valence-electron chi connectivity index (χ4n) is 9.18. The molecule has 11 atom stereocenters. The molecule has 414 valence electrons. The first kappa shape index (κ1) is 58.3. The zero-order valence-corrected chi connectivity index (χ0v) is 51.7. The lowest BCUT2D eigenvalue weighted by molar-refractivity contribution is -0.0583. The number of nitrogens with one attached hydrogen (secondary N) is 2. The maximum absolute atomic E-state index is 14.9. The van der Waals surface area contributed by atoms with Crippen LogP contribution in [0.2, 0.25) is 61.9 Å². The number of hydrogen-bond donors (Lipinski definition) is 5. The van der Waals surface area contributed by atoms with Gasteiger partial charge in [0, 0.05) is 40.1 Å². The molecule has 2 bridgehead atoms. The van der Waals surface area contributed by atoms with Gasteiger partial charge in [0.25, 0.3) is 5.56 Å². The topological polar surface area (TPSA) is 236 Å². The zero-order chi connectivity index (χ0) is 54.0. The van der Waals surface area contributed by atoms with Crippen LogP contribution in [0.4, 0.5) is 5.82 Å². The summed E-state index contributed by atoms with van der Waals surface area (Å²) in [7, 11) is -6.08. The van der Waals surface area contributed by atoms with Crippen molar-refractivity contribution < 1.29 is 51.0 Å². The second kappa shape index (κ2) is 22.0. The van der Waals surface area contributed by atoms with Gasteiger partial charge in [-0.3, -0.25) is 37.3 Å². The molecule has 4 aromatic rings. The number of aliphatic hydroxyl groups is 1. The molecule has 74 heavy (non-hydrogen) atoms. The van der Waals surface area contributed by atoms with E-state index >= 15 is 0 Å². The minimum atomic E-state index is -4.42. The fraction of sp³-hybridized carbons (Fsp3) is 0.761. The van der Waals surface area contributed by atoms with Gasteiger partial charge in [-0.25, -0.2) is 29.1 Å². The third-order valence-electron chi connectivity index (χ3n) is 15.6. The Bertz CT molecular complexity index is 2810. The summed E-state index contributed by atoms with van der Waals surface area (Å²) in [5.41, 5.74) is 1.43. The molecule has 3 saturated heterocycles. The minimum Gasteiger partial charge on any atom is -0.407 e. The van der Waals surface area contributed by atoms with Crippen LogP contribution in [0.3, 0.4) is 0 Å². The Labute approximate surface area is 448 Å². The SMILES string of the molecule is CC(C)(C)[Si](C)(C)CO[C@H]1[C@H]2OP(=O)(S)OC[C@H]3O[C@@H](n4cc5c6c(ncnc64)NCCC5)[C@H](O[Si](C)(C)C(C)(C)C)[C@@H]3OP(=O)(S)OC[C@H]1O[C@H]2n1cnc2c(=O)n(CCNC(O)CCC[Si](C)(C)C)cnc21. The van der Waals surface area contributed by atoms with Gasteiger partial charge in [-0.2, -0.15) is 0 Å². The largest absolute Gasteiger partial charge is 0.407 e. The van der Waals surface area contributed by atoms with E-state index in [0.717, 1.165) is 42.8 Å². The number of aryl methyl sites for hydroxylation is 1. The van der Waals surface area contributed by atoms with Crippen molar-refractivity contribution >= 4 is 90.6 Å². The summed E-state index contributed by atoms with van der Waals surface area (Å²) in [4.78, 5) is 32.4. The number of anilines is 1. The van der Waals surface area contributed by atoms with Gasteiger partial charge in [-0.05, 0) is 48.0 Å². The predicted octanol–water partition coefficient (Wildman–Crippen LogP) is 8.93. The number of imidazole rings is 1. The molecule has 3 N–H and O–H groups in total. The van der Waals surface area contributed by atoms with Gasteiger partial charge in [-0.1, -0.05) is 111 Å². The van der Waals surface area contributed by atoms with Crippen LogP contribution in [-0.4, -0.2) is 139 Å². The monoisotopic (exact) mass is 1160 g/mol. The van der Waals surface area contributed by atoms with Crippen LogP contribution < -0.4 is 16.2 Å². The van der Waals surface area contributed by atoms with Gasteiger partial charge in [-0.15, -0.1) is 0 Å². The number of aromatic nitrogens is 7. The molecule has 8 heterocycles. The number of thiol groups is 2. The molecule has 3 fully saturated rings. The standard InChI is InChI=1S/C46H79N9O12P2S2Si3/c1-45(2,3)73(10,11)28-60-35-30-23-61-68(58,70)65-36-31(64-44(38(36)67-74(12,13)46(4,5)6)54-22-29-16-14-18-48-39-33(29)40(54)50-25-49-39)24-62-69(59,71)66-37(35)43(63-30)55-27-51-34-41(55)52-26-53(42(34)57)20-19-47-32(56)17-15-21-72(7,8)9/h22,25-27,30-32,35-38,43-44,47,56H,14-21,23-24,28H2,1-13H3,(H,58,70)(H,59,71)(H,48,49,50)/t30-,31-,32?,35-,36-,37-,38-,43-,44-,68?,69?/m1/s1. The Balaban J connectivity index is 1.12. The van der Waals surface area contributed by atoms with Gasteiger partial charge in [0.1, 0.15) is 67.0 Å². The first-order chi connectivity index (χ1) is 34.4. The molecule has 0 aliphatic carbocycles. The minimum absolute atomic E-state index is 0.0455. The quantitative estimate of drug-likeness (QED) is 0.0323. The third kappa shape index (κ3) is 12.9. The van der Waals surface area contributed by atoms with Gasteiger partial charge in [0.2, 0.25) is 0 Å². The lowest BCUT2D eigenvalue weighted by Gasteiger charge is -2.41. The van der Waals surface area contributed by atoms with E-state index in [1.54, 1.807) is 0 Å². The van der Waals surface area contributed by atoms with Crippen molar-refractivity contribution in [2.45, 2.75) is 191 Å². The van der Waals surface area contributed by atoms with E-state index in [1.807, 2.05) is 10.8 Å². The molecule has 3 unspecified atom stereocenters. The number of nitrogens with zero attached hydrogens (tertiary/aromatic N) is 7. The summed E-state index contributed by atoms with van der Waals surface area (Å²) >= 11 is 9.18. The first-order valence-electron chi connectivity index (χ1n) is 25.7. The average Bonchev–Trinajstić information content (AvgIpc) is 4.01. The van der Waals surface area contributed by atoms with Crippen molar-refractivity contribution in [2.75, 3.05) is 37.9 Å².